The van der Waals surface area contributed by atoms with Gasteiger partial charge in [0.15, 0.2) is 0 Å². The Labute approximate surface area is 150 Å². The van der Waals surface area contributed by atoms with E-state index in [9.17, 15) is 13.6 Å². The highest BCUT2D eigenvalue weighted by atomic mass is 35.5. The van der Waals surface area contributed by atoms with Crippen LogP contribution in [0.1, 0.15) is 38.4 Å². The van der Waals surface area contributed by atoms with Crippen LogP contribution in [0, 0.1) is 0 Å². The number of aliphatic hydroxyl groups is 1. The molecule has 2 heterocycles. The molecule has 0 fully saturated rings. The van der Waals surface area contributed by atoms with Gasteiger partial charge in [0.05, 0.1) is 10.7 Å². The molecule has 0 aromatic carbocycles. The van der Waals surface area contributed by atoms with Crippen molar-refractivity contribution in [3.63, 3.8) is 0 Å². The van der Waals surface area contributed by atoms with Crippen molar-refractivity contribution >= 4 is 23.3 Å². The van der Waals surface area contributed by atoms with Crippen molar-refractivity contribution in [2.75, 3.05) is 19.7 Å². The first-order valence-electron chi connectivity index (χ1n) is 7.85. The van der Waals surface area contributed by atoms with Gasteiger partial charge in [-0.25, -0.2) is 4.79 Å². The van der Waals surface area contributed by atoms with Gasteiger partial charge in [-0.3, -0.25) is 4.98 Å². The monoisotopic (exact) mass is 374 g/mol. The van der Waals surface area contributed by atoms with E-state index in [0.29, 0.717) is 25.2 Å². The maximum absolute atomic E-state index is 13.5. The minimum atomic E-state index is -3.39. The van der Waals surface area contributed by atoms with Crippen LogP contribution in [0.25, 0.3) is 5.57 Å². The van der Waals surface area contributed by atoms with Gasteiger partial charge in [-0.2, -0.15) is 8.78 Å². The van der Waals surface area contributed by atoms with E-state index in [2.05, 4.69) is 4.98 Å². The molecule has 1 aromatic heterocycles. The third kappa shape index (κ3) is 4.89. The number of alkyl halides is 2. The zero-order chi connectivity index (χ0) is 18.8. The molecule has 1 aliphatic rings. The van der Waals surface area contributed by atoms with Crippen molar-refractivity contribution in [3.8, 4) is 0 Å². The molecule has 1 amide bonds. The van der Waals surface area contributed by atoms with Crippen molar-refractivity contribution in [2.24, 2.45) is 0 Å². The maximum Gasteiger partial charge on any atom is 0.410 e. The van der Waals surface area contributed by atoms with Crippen LogP contribution in [0.3, 0.4) is 0 Å². The lowest BCUT2D eigenvalue weighted by Crippen LogP contribution is -2.39. The number of ether oxygens (including phenoxy) is 1. The number of aliphatic hydroxyl groups excluding tert-OH is 1. The number of hydrogen-bond donors (Lipinski definition) is 1. The van der Waals surface area contributed by atoms with Gasteiger partial charge in [-0.05, 0) is 38.8 Å². The number of aromatic nitrogens is 1. The molecule has 2 rings (SSSR count). The molecule has 0 unspecified atom stereocenters. The zero-order valence-electron chi connectivity index (χ0n) is 14.4. The van der Waals surface area contributed by atoms with Crippen LogP contribution in [0.4, 0.5) is 13.6 Å². The van der Waals surface area contributed by atoms with Crippen LogP contribution < -0.4 is 0 Å². The number of pyridine rings is 1. The predicted molar refractivity (Wildman–Crippen MR) is 90.6 cm³/mol. The fraction of sp³-hybridized carbons (Fsp3) is 0.529. The normalized spacial score (nSPS) is 15.8. The third-order valence-electron chi connectivity index (χ3n) is 3.63. The van der Waals surface area contributed by atoms with Gasteiger partial charge in [-0.15, -0.1) is 0 Å². The van der Waals surface area contributed by atoms with Gasteiger partial charge >= 0.3 is 6.09 Å². The standard InChI is InChI=1S/C17H21ClF2N2O3/c1-16(2,3)25-15(24)22-6-4-11(5-7-22)14-13(18)8-12(9-21-14)17(19,20)10-23/h4,8-9,23H,5-7,10H2,1-3H3. The van der Waals surface area contributed by atoms with Gasteiger partial charge in [0, 0.05) is 24.8 Å². The topological polar surface area (TPSA) is 62.7 Å². The fourth-order valence-electron chi connectivity index (χ4n) is 2.34. The molecule has 0 radical (unpaired) electrons. The molecule has 5 nitrogen and oxygen atoms in total. The number of rotatable bonds is 3. The van der Waals surface area contributed by atoms with Crippen molar-refractivity contribution < 1.29 is 23.4 Å². The Morgan fingerprint density at radius 2 is 2.12 bits per heavy atom. The Bertz CT molecular complexity index is 687. The molecule has 0 spiro atoms. The summed E-state index contributed by atoms with van der Waals surface area (Å²) in [6, 6.07) is 1.11. The van der Waals surface area contributed by atoms with E-state index in [1.165, 1.54) is 0 Å². The predicted octanol–water partition coefficient (Wildman–Crippen LogP) is 3.84. The maximum atomic E-state index is 13.5. The second-order valence-corrected chi connectivity index (χ2v) is 7.23. The van der Waals surface area contributed by atoms with Crippen LogP contribution in [-0.4, -0.2) is 46.4 Å². The van der Waals surface area contributed by atoms with Gasteiger partial charge in [0.2, 0.25) is 0 Å². The Balaban J connectivity index is 2.13. The summed E-state index contributed by atoms with van der Waals surface area (Å²) in [5.41, 5.74) is 0.182. The van der Waals surface area contributed by atoms with Crippen LogP contribution >= 0.6 is 11.6 Å². The lowest BCUT2D eigenvalue weighted by atomic mass is 10.0. The highest BCUT2D eigenvalue weighted by Crippen LogP contribution is 2.33. The van der Waals surface area contributed by atoms with Crippen molar-refractivity contribution in [1.29, 1.82) is 0 Å². The summed E-state index contributed by atoms with van der Waals surface area (Å²) in [7, 11) is 0. The number of amides is 1. The number of carbonyl (C=O) groups is 1. The van der Waals surface area contributed by atoms with E-state index in [1.807, 2.05) is 0 Å². The van der Waals surface area contributed by atoms with E-state index >= 15 is 0 Å². The average Bonchev–Trinajstić information content (AvgIpc) is 2.53. The average molecular weight is 375 g/mol. The molecular formula is C17H21ClF2N2O3. The molecule has 25 heavy (non-hydrogen) atoms. The van der Waals surface area contributed by atoms with Crippen LogP contribution in [0.2, 0.25) is 5.02 Å². The van der Waals surface area contributed by atoms with Crippen LogP contribution in [0.15, 0.2) is 18.3 Å². The smallest absolute Gasteiger partial charge is 0.410 e. The number of carbonyl (C=O) groups excluding carboxylic acids is 1. The Morgan fingerprint density at radius 3 is 2.60 bits per heavy atom. The van der Waals surface area contributed by atoms with E-state index in [1.54, 1.807) is 31.7 Å². The third-order valence-corrected chi connectivity index (χ3v) is 3.92. The molecular weight excluding hydrogens is 354 g/mol. The summed E-state index contributed by atoms with van der Waals surface area (Å²) >= 11 is 6.09. The van der Waals surface area contributed by atoms with Gasteiger partial charge in [0.25, 0.3) is 5.92 Å². The van der Waals surface area contributed by atoms with Crippen LogP contribution in [0.5, 0.6) is 0 Å². The molecule has 0 bridgehead atoms. The van der Waals surface area contributed by atoms with E-state index in [-0.39, 0.29) is 5.02 Å². The number of hydrogen-bond acceptors (Lipinski definition) is 4. The Kier molecular flexibility index (Phi) is 5.68. The Hall–Kier alpha value is -1.73. The summed E-state index contributed by atoms with van der Waals surface area (Å²) in [4.78, 5) is 17.6. The van der Waals surface area contributed by atoms with Crippen LogP contribution in [-0.2, 0) is 10.7 Å². The first-order valence-corrected chi connectivity index (χ1v) is 8.23. The Morgan fingerprint density at radius 1 is 1.44 bits per heavy atom. The SMILES string of the molecule is CC(C)(C)OC(=O)N1CC=C(c2ncc(C(F)(F)CO)cc2Cl)CC1. The second kappa shape index (κ2) is 7.25. The summed E-state index contributed by atoms with van der Waals surface area (Å²) in [5, 5.41) is 8.82. The van der Waals surface area contributed by atoms with Gasteiger partial charge in [0.1, 0.15) is 12.2 Å². The fourth-order valence-corrected chi connectivity index (χ4v) is 2.63. The van der Waals surface area contributed by atoms with Gasteiger partial charge in [-0.1, -0.05) is 17.7 Å². The first-order chi connectivity index (χ1) is 11.5. The molecule has 1 aliphatic heterocycles. The molecule has 0 saturated carbocycles. The van der Waals surface area contributed by atoms with Crippen molar-refractivity contribution in [2.45, 2.75) is 38.7 Å². The lowest BCUT2D eigenvalue weighted by Gasteiger charge is -2.29. The largest absolute Gasteiger partial charge is 0.444 e. The zero-order valence-corrected chi connectivity index (χ0v) is 15.1. The second-order valence-electron chi connectivity index (χ2n) is 6.82. The summed E-state index contributed by atoms with van der Waals surface area (Å²) in [6.45, 7) is 4.83. The molecule has 0 atom stereocenters. The molecule has 0 aliphatic carbocycles. The molecule has 8 heteroatoms. The van der Waals surface area contributed by atoms with Crippen molar-refractivity contribution in [3.05, 3.63) is 34.6 Å². The molecule has 1 N–H and O–H groups in total. The van der Waals surface area contributed by atoms with E-state index < -0.39 is 29.8 Å². The van der Waals surface area contributed by atoms with E-state index in [4.69, 9.17) is 21.4 Å². The minimum Gasteiger partial charge on any atom is -0.444 e. The highest BCUT2D eigenvalue weighted by Gasteiger charge is 2.32. The molecule has 1 aromatic rings. The lowest BCUT2D eigenvalue weighted by molar-refractivity contribution is -0.0558. The van der Waals surface area contributed by atoms with Gasteiger partial charge < -0.3 is 14.7 Å². The summed E-state index contributed by atoms with van der Waals surface area (Å²) in [6.07, 6.45) is 2.88. The quantitative estimate of drug-likeness (QED) is 0.873. The van der Waals surface area contributed by atoms with Crippen molar-refractivity contribution in [1.82, 2.24) is 9.88 Å². The summed E-state index contributed by atoms with van der Waals surface area (Å²) in [5.74, 6) is -3.39. The van der Waals surface area contributed by atoms with E-state index in [0.717, 1.165) is 17.8 Å². The number of nitrogens with zero attached hydrogens (tertiary/aromatic N) is 2. The first kappa shape index (κ1) is 19.6. The molecule has 138 valence electrons. The molecule has 0 saturated heterocycles. The summed E-state index contributed by atoms with van der Waals surface area (Å²) < 4.78 is 32.3. The minimum absolute atomic E-state index is 0.0857. The number of halogens is 3. The highest BCUT2D eigenvalue weighted by molar-refractivity contribution is 6.32.